The molecule has 0 spiro atoms. The van der Waals surface area contributed by atoms with E-state index in [1.807, 2.05) is 12.1 Å². The smallest absolute Gasteiger partial charge is 0.282 e. The maximum atomic E-state index is 10.8. The molecular formula is C14H19IN2O2. The van der Waals surface area contributed by atoms with E-state index < -0.39 is 0 Å². The first-order valence-corrected chi connectivity index (χ1v) is 7.88. The van der Waals surface area contributed by atoms with Crippen molar-refractivity contribution in [3.8, 4) is 0 Å². The Morgan fingerprint density at radius 3 is 2.84 bits per heavy atom. The molecule has 0 radical (unpaired) electrons. The summed E-state index contributed by atoms with van der Waals surface area (Å²) >= 11 is 2.05. The lowest BCUT2D eigenvalue weighted by Crippen LogP contribution is -2.24. The van der Waals surface area contributed by atoms with Crippen molar-refractivity contribution in [3.63, 3.8) is 0 Å². The van der Waals surface area contributed by atoms with E-state index in [4.69, 9.17) is 0 Å². The summed E-state index contributed by atoms with van der Waals surface area (Å²) in [7, 11) is 0. The Morgan fingerprint density at radius 2 is 2.21 bits per heavy atom. The molecule has 0 bridgehead atoms. The first-order chi connectivity index (χ1) is 9.11. The molecule has 0 amide bonds. The molecule has 0 saturated carbocycles. The fraction of sp³-hybridized carbons (Fsp3) is 0.571. The van der Waals surface area contributed by atoms with Crippen LogP contribution in [0, 0.1) is 19.6 Å². The van der Waals surface area contributed by atoms with E-state index in [0.717, 1.165) is 28.3 Å². The molecule has 1 atom stereocenters. The first kappa shape index (κ1) is 14.6. The molecule has 1 heterocycles. The second-order valence-electron chi connectivity index (χ2n) is 5.09. The van der Waals surface area contributed by atoms with Crippen LogP contribution >= 0.6 is 22.6 Å². The average Bonchev–Trinajstić information content (AvgIpc) is 2.63. The molecule has 1 aliphatic rings. The maximum absolute atomic E-state index is 10.8. The van der Waals surface area contributed by atoms with E-state index in [2.05, 4.69) is 34.4 Å². The number of nitro benzene ring substituents is 1. The molecule has 5 heteroatoms. The Labute approximate surface area is 127 Å². The van der Waals surface area contributed by atoms with Gasteiger partial charge in [-0.2, -0.15) is 0 Å². The third kappa shape index (κ3) is 3.58. The molecule has 1 aliphatic heterocycles. The summed E-state index contributed by atoms with van der Waals surface area (Å²) in [6, 6.07) is 5.44. The number of rotatable bonds is 3. The zero-order chi connectivity index (χ0) is 13.8. The van der Waals surface area contributed by atoms with E-state index >= 15 is 0 Å². The molecule has 2 rings (SSSR count). The van der Waals surface area contributed by atoms with Crippen molar-refractivity contribution < 1.29 is 4.92 Å². The van der Waals surface area contributed by atoms with Crippen molar-refractivity contribution in [1.29, 1.82) is 0 Å². The van der Waals surface area contributed by atoms with E-state index in [1.54, 1.807) is 6.07 Å². The maximum Gasteiger partial charge on any atom is 0.282 e. The van der Waals surface area contributed by atoms with Gasteiger partial charge in [-0.1, -0.05) is 13.3 Å². The van der Waals surface area contributed by atoms with Crippen LogP contribution in [0.2, 0.25) is 0 Å². The summed E-state index contributed by atoms with van der Waals surface area (Å²) in [4.78, 5) is 12.9. The lowest BCUT2D eigenvalue weighted by molar-refractivity contribution is -0.385. The molecular weight excluding hydrogens is 355 g/mol. The van der Waals surface area contributed by atoms with Crippen molar-refractivity contribution in [2.24, 2.45) is 5.92 Å². The molecule has 1 aromatic carbocycles. The van der Waals surface area contributed by atoms with Crippen molar-refractivity contribution in [2.75, 3.05) is 18.0 Å². The fourth-order valence-electron chi connectivity index (χ4n) is 2.67. The second-order valence-corrected chi connectivity index (χ2v) is 6.25. The minimum atomic E-state index is -0.318. The van der Waals surface area contributed by atoms with Gasteiger partial charge >= 0.3 is 0 Å². The van der Waals surface area contributed by atoms with Gasteiger partial charge in [0.05, 0.1) is 8.49 Å². The van der Waals surface area contributed by atoms with Gasteiger partial charge < -0.3 is 4.90 Å². The van der Waals surface area contributed by atoms with Crippen LogP contribution in [0.1, 0.15) is 32.6 Å². The van der Waals surface area contributed by atoms with Crippen molar-refractivity contribution in [1.82, 2.24) is 0 Å². The number of hydrogen-bond acceptors (Lipinski definition) is 3. The zero-order valence-corrected chi connectivity index (χ0v) is 13.3. The minimum Gasteiger partial charge on any atom is -0.371 e. The SMILES string of the molecule is CCC1CCCN(c2ccc([N+](=O)[O-])c(I)c2)CC1. The Morgan fingerprint density at radius 1 is 1.42 bits per heavy atom. The van der Waals surface area contributed by atoms with Gasteiger partial charge in [-0.3, -0.25) is 10.1 Å². The Bertz CT molecular complexity index is 465. The van der Waals surface area contributed by atoms with Crippen molar-refractivity contribution in [2.45, 2.75) is 32.6 Å². The molecule has 0 aliphatic carbocycles. The van der Waals surface area contributed by atoms with Gasteiger partial charge in [-0.25, -0.2) is 0 Å². The number of nitrogens with zero attached hydrogens (tertiary/aromatic N) is 2. The van der Waals surface area contributed by atoms with Gasteiger partial charge in [-0.05, 0) is 59.9 Å². The van der Waals surface area contributed by atoms with Crippen LogP contribution < -0.4 is 4.90 Å². The minimum absolute atomic E-state index is 0.200. The van der Waals surface area contributed by atoms with E-state index in [9.17, 15) is 10.1 Å². The highest BCUT2D eigenvalue weighted by atomic mass is 127. The van der Waals surface area contributed by atoms with E-state index in [-0.39, 0.29) is 10.6 Å². The normalized spacial score (nSPS) is 20.1. The molecule has 104 valence electrons. The van der Waals surface area contributed by atoms with Gasteiger partial charge in [0.2, 0.25) is 0 Å². The predicted molar refractivity (Wildman–Crippen MR) is 85.7 cm³/mol. The summed E-state index contributed by atoms with van der Waals surface area (Å²) in [6.07, 6.45) is 5.00. The highest BCUT2D eigenvalue weighted by Gasteiger charge is 2.18. The number of anilines is 1. The van der Waals surface area contributed by atoms with Gasteiger partial charge in [0.1, 0.15) is 0 Å². The van der Waals surface area contributed by atoms with E-state index in [1.165, 1.54) is 25.7 Å². The number of halogens is 1. The van der Waals surface area contributed by atoms with Crippen LogP contribution in [0.4, 0.5) is 11.4 Å². The van der Waals surface area contributed by atoms with Crippen molar-refractivity contribution >= 4 is 34.0 Å². The fourth-order valence-corrected chi connectivity index (χ4v) is 3.37. The quantitative estimate of drug-likeness (QED) is 0.452. The third-order valence-electron chi connectivity index (χ3n) is 3.92. The van der Waals surface area contributed by atoms with Crippen molar-refractivity contribution in [3.05, 3.63) is 31.9 Å². The number of benzene rings is 1. The summed E-state index contributed by atoms with van der Waals surface area (Å²) < 4.78 is 0.719. The number of hydrogen-bond donors (Lipinski definition) is 0. The third-order valence-corrected chi connectivity index (χ3v) is 4.78. The van der Waals surface area contributed by atoms with E-state index in [0.29, 0.717) is 0 Å². The summed E-state index contributed by atoms with van der Waals surface area (Å²) in [6.45, 7) is 4.38. The Kier molecular flexibility index (Phi) is 5.01. The lowest BCUT2D eigenvalue weighted by Gasteiger charge is -2.23. The Balaban J connectivity index is 2.13. The summed E-state index contributed by atoms with van der Waals surface area (Å²) in [5.41, 5.74) is 1.32. The van der Waals surface area contributed by atoms with Crippen LogP contribution in [0.25, 0.3) is 0 Å². The predicted octanol–water partition coefficient (Wildman–Crippen LogP) is 4.22. The summed E-state index contributed by atoms with van der Waals surface area (Å²) in [5.74, 6) is 0.835. The first-order valence-electron chi connectivity index (χ1n) is 6.80. The van der Waals surface area contributed by atoms with Gasteiger partial charge in [0.25, 0.3) is 5.69 Å². The van der Waals surface area contributed by atoms with Crippen LogP contribution in [0.3, 0.4) is 0 Å². The topological polar surface area (TPSA) is 46.4 Å². The van der Waals surface area contributed by atoms with Gasteiger partial charge in [0.15, 0.2) is 0 Å². The molecule has 4 nitrogen and oxygen atoms in total. The average molecular weight is 374 g/mol. The van der Waals surface area contributed by atoms with Gasteiger partial charge in [0, 0.05) is 24.8 Å². The molecule has 0 aromatic heterocycles. The van der Waals surface area contributed by atoms with Crippen LogP contribution in [0.5, 0.6) is 0 Å². The highest BCUT2D eigenvalue weighted by Crippen LogP contribution is 2.29. The zero-order valence-electron chi connectivity index (χ0n) is 11.1. The second kappa shape index (κ2) is 6.54. The van der Waals surface area contributed by atoms with Gasteiger partial charge in [-0.15, -0.1) is 0 Å². The Hall–Kier alpha value is -0.850. The molecule has 0 N–H and O–H groups in total. The lowest BCUT2D eigenvalue weighted by atomic mass is 9.98. The number of nitro groups is 1. The summed E-state index contributed by atoms with van der Waals surface area (Å²) in [5, 5.41) is 10.8. The molecule has 1 unspecified atom stereocenters. The highest BCUT2D eigenvalue weighted by molar-refractivity contribution is 14.1. The molecule has 1 fully saturated rings. The monoisotopic (exact) mass is 374 g/mol. The molecule has 1 aromatic rings. The molecule has 19 heavy (non-hydrogen) atoms. The standard InChI is InChI=1S/C14H19IN2O2/c1-2-11-4-3-8-16(9-7-11)12-5-6-14(17(18)19)13(15)10-12/h5-6,10-11H,2-4,7-9H2,1H3. The van der Waals surface area contributed by atoms with Crippen LogP contribution in [0.15, 0.2) is 18.2 Å². The molecule has 1 saturated heterocycles. The van der Waals surface area contributed by atoms with Crippen LogP contribution in [-0.4, -0.2) is 18.0 Å². The van der Waals surface area contributed by atoms with Crippen LogP contribution in [-0.2, 0) is 0 Å². The largest absolute Gasteiger partial charge is 0.371 e.